The first kappa shape index (κ1) is 18.0. The topological polar surface area (TPSA) is 44.9 Å². The summed E-state index contributed by atoms with van der Waals surface area (Å²) in [7, 11) is 0. The van der Waals surface area contributed by atoms with E-state index in [0.717, 1.165) is 10.1 Å². The van der Waals surface area contributed by atoms with Gasteiger partial charge in [-0.05, 0) is 43.7 Å². The molecule has 0 atom stereocenters. The summed E-state index contributed by atoms with van der Waals surface area (Å²) in [5.41, 5.74) is 2.64. The molecule has 0 fully saturated rings. The molecule has 0 aliphatic heterocycles. The lowest BCUT2D eigenvalue weighted by molar-refractivity contribution is 0.0666. The van der Waals surface area contributed by atoms with E-state index in [4.69, 9.17) is 5.26 Å². The predicted octanol–water partition coefficient (Wildman–Crippen LogP) is 4.71. The monoisotopic (exact) mass is 354 g/mol. The molecule has 134 valence electrons. The largest absolute Gasteiger partial charge is 0.320 e. The second-order valence-electron chi connectivity index (χ2n) is 6.47. The summed E-state index contributed by atoms with van der Waals surface area (Å²) in [4.78, 5) is 6.51. The van der Waals surface area contributed by atoms with Crippen LogP contribution in [-0.2, 0) is 13.1 Å². The number of alkyl halides is 2. The minimum Gasteiger partial charge on any atom is -0.289 e. The van der Waals surface area contributed by atoms with E-state index < -0.39 is 6.55 Å². The highest BCUT2D eigenvalue weighted by atomic mass is 19.3. The zero-order chi connectivity index (χ0) is 18.7. The Labute approximate surface area is 151 Å². The quantitative estimate of drug-likeness (QED) is 0.644. The van der Waals surface area contributed by atoms with Crippen molar-refractivity contribution in [2.45, 2.75) is 39.5 Å². The third-order valence-corrected chi connectivity index (χ3v) is 4.41. The van der Waals surface area contributed by atoms with Gasteiger partial charge in [-0.2, -0.15) is 14.0 Å². The van der Waals surface area contributed by atoms with Crippen molar-refractivity contribution in [1.29, 1.82) is 5.26 Å². The second kappa shape index (κ2) is 7.63. The van der Waals surface area contributed by atoms with Gasteiger partial charge in [-0.15, -0.1) is 0 Å². The van der Waals surface area contributed by atoms with Crippen LogP contribution in [0.25, 0.3) is 11.0 Å². The van der Waals surface area contributed by atoms with Gasteiger partial charge in [0, 0.05) is 12.6 Å². The van der Waals surface area contributed by atoms with E-state index in [-0.39, 0.29) is 6.04 Å². The molecule has 0 amide bonds. The molecular weight excluding hydrogens is 334 g/mol. The number of nitriles is 1. The summed E-state index contributed by atoms with van der Waals surface area (Å²) in [5.74, 6) is 0.351. The van der Waals surface area contributed by atoms with Crippen LogP contribution in [0.15, 0.2) is 48.5 Å². The molecule has 0 bridgehead atoms. The van der Waals surface area contributed by atoms with Crippen molar-refractivity contribution < 1.29 is 8.78 Å². The van der Waals surface area contributed by atoms with Crippen molar-refractivity contribution in [3.8, 4) is 6.07 Å². The van der Waals surface area contributed by atoms with Gasteiger partial charge in [0.15, 0.2) is 0 Å². The van der Waals surface area contributed by atoms with Gasteiger partial charge in [-0.25, -0.2) is 4.98 Å². The molecule has 3 aromatic rings. The van der Waals surface area contributed by atoms with Gasteiger partial charge in [0.05, 0.1) is 29.2 Å². The van der Waals surface area contributed by atoms with Gasteiger partial charge in [0.1, 0.15) is 5.82 Å². The average Bonchev–Trinajstić information content (AvgIpc) is 2.99. The third kappa shape index (κ3) is 3.73. The summed E-state index contributed by atoms with van der Waals surface area (Å²) in [6.45, 7) is 2.33. The highest BCUT2D eigenvalue weighted by Gasteiger charge is 2.21. The number of halogens is 2. The number of benzene rings is 2. The zero-order valence-corrected chi connectivity index (χ0v) is 14.7. The number of fused-ring (bicyclic) bond motifs is 1. The smallest absolute Gasteiger partial charge is 0.289 e. The van der Waals surface area contributed by atoms with Gasteiger partial charge in [0.25, 0.3) is 0 Å². The van der Waals surface area contributed by atoms with Crippen molar-refractivity contribution in [2.24, 2.45) is 0 Å². The number of nitrogens with zero attached hydrogens (tertiary/aromatic N) is 4. The van der Waals surface area contributed by atoms with E-state index in [0.29, 0.717) is 35.5 Å². The molecule has 4 nitrogen and oxygen atoms in total. The molecular formula is C20H20F2N4. The van der Waals surface area contributed by atoms with Crippen LogP contribution in [0.3, 0.4) is 0 Å². The molecule has 0 N–H and O–H groups in total. The van der Waals surface area contributed by atoms with Crippen LogP contribution >= 0.6 is 0 Å². The fourth-order valence-electron chi connectivity index (χ4n) is 2.95. The Balaban J connectivity index is 1.89. The lowest BCUT2D eigenvalue weighted by Crippen LogP contribution is -2.31. The number of imidazole rings is 1. The van der Waals surface area contributed by atoms with Crippen LogP contribution in [0.4, 0.5) is 8.78 Å². The zero-order valence-electron chi connectivity index (χ0n) is 14.7. The molecule has 0 aliphatic rings. The molecule has 26 heavy (non-hydrogen) atoms. The normalized spacial score (nSPS) is 11.6. The number of aromatic nitrogens is 2. The molecule has 6 heteroatoms. The maximum atomic E-state index is 13.6. The minimum absolute atomic E-state index is 0.150. The first-order chi connectivity index (χ1) is 12.5. The maximum absolute atomic E-state index is 13.6. The molecule has 0 radical (unpaired) electrons. The highest BCUT2D eigenvalue weighted by molar-refractivity contribution is 5.75. The Morgan fingerprint density at radius 3 is 2.38 bits per heavy atom. The molecule has 0 unspecified atom stereocenters. The van der Waals surface area contributed by atoms with Gasteiger partial charge < -0.3 is 0 Å². The summed E-state index contributed by atoms with van der Waals surface area (Å²) in [6, 6.07) is 16.5. The van der Waals surface area contributed by atoms with Crippen molar-refractivity contribution in [3.05, 3.63) is 65.5 Å². The van der Waals surface area contributed by atoms with Gasteiger partial charge in [0.2, 0.25) is 0 Å². The number of hydrogen-bond acceptors (Lipinski definition) is 3. The first-order valence-electron chi connectivity index (χ1n) is 8.46. The standard InChI is InChI=1S/C20H20F2N4/c1-14(2)25(12-16-9-7-15(11-23)8-10-16)13-19-24-17-5-3-4-6-18(17)26(19)20(21)22/h3-10,14,20H,12-13H2,1-2H3. The minimum atomic E-state index is -2.64. The van der Waals surface area contributed by atoms with Crippen molar-refractivity contribution >= 4 is 11.0 Å². The Morgan fingerprint density at radius 2 is 1.77 bits per heavy atom. The number of hydrogen-bond donors (Lipinski definition) is 0. The van der Waals surface area contributed by atoms with Crippen molar-refractivity contribution in [1.82, 2.24) is 14.5 Å². The summed E-state index contributed by atoms with van der Waals surface area (Å²) < 4.78 is 28.3. The van der Waals surface area contributed by atoms with Crippen LogP contribution in [0.5, 0.6) is 0 Å². The van der Waals surface area contributed by atoms with Gasteiger partial charge >= 0.3 is 6.55 Å². The highest BCUT2D eigenvalue weighted by Crippen LogP contribution is 2.25. The molecule has 0 aliphatic carbocycles. The molecule has 1 aromatic heterocycles. The van der Waals surface area contributed by atoms with E-state index in [2.05, 4.69) is 16.0 Å². The van der Waals surface area contributed by atoms with Crippen LogP contribution in [0.1, 0.15) is 37.3 Å². The van der Waals surface area contributed by atoms with E-state index in [9.17, 15) is 8.78 Å². The molecule has 0 spiro atoms. The third-order valence-electron chi connectivity index (χ3n) is 4.41. The number of para-hydroxylation sites is 2. The van der Waals surface area contributed by atoms with Crippen LogP contribution in [0, 0.1) is 11.3 Å². The molecule has 0 saturated heterocycles. The summed E-state index contributed by atoms with van der Waals surface area (Å²) in [5, 5.41) is 8.90. The molecule has 2 aromatic carbocycles. The maximum Gasteiger partial charge on any atom is 0.320 e. The van der Waals surface area contributed by atoms with Crippen LogP contribution < -0.4 is 0 Å². The predicted molar refractivity (Wildman–Crippen MR) is 96.5 cm³/mol. The molecule has 1 heterocycles. The van der Waals surface area contributed by atoms with E-state index >= 15 is 0 Å². The number of rotatable bonds is 6. The Kier molecular flexibility index (Phi) is 5.29. The fourth-order valence-corrected chi connectivity index (χ4v) is 2.95. The fraction of sp³-hybridized carbons (Fsp3) is 0.300. The van der Waals surface area contributed by atoms with E-state index in [1.807, 2.05) is 26.0 Å². The van der Waals surface area contributed by atoms with Gasteiger partial charge in [-0.3, -0.25) is 9.47 Å². The lowest BCUT2D eigenvalue weighted by Gasteiger charge is -2.26. The lowest BCUT2D eigenvalue weighted by atomic mass is 10.1. The molecule has 0 saturated carbocycles. The Morgan fingerprint density at radius 1 is 1.08 bits per heavy atom. The van der Waals surface area contributed by atoms with E-state index in [1.54, 1.807) is 36.4 Å². The summed E-state index contributed by atoms with van der Waals surface area (Å²) in [6.07, 6.45) is 0. The Hall–Kier alpha value is -2.78. The SMILES string of the molecule is CC(C)N(Cc1ccc(C#N)cc1)Cc1nc2ccccc2n1C(F)F. The van der Waals surface area contributed by atoms with E-state index in [1.165, 1.54) is 0 Å². The van der Waals surface area contributed by atoms with Gasteiger partial charge in [-0.1, -0.05) is 24.3 Å². The second-order valence-corrected chi connectivity index (χ2v) is 6.47. The molecule has 3 rings (SSSR count). The Bertz CT molecular complexity index is 923. The van der Waals surface area contributed by atoms with Crippen molar-refractivity contribution in [2.75, 3.05) is 0 Å². The van der Waals surface area contributed by atoms with Crippen LogP contribution in [-0.4, -0.2) is 20.5 Å². The van der Waals surface area contributed by atoms with Crippen LogP contribution in [0.2, 0.25) is 0 Å². The van der Waals surface area contributed by atoms with Crippen molar-refractivity contribution in [3.63, 3.8) is 0 Å². The summed E-state index contributed by atoms with van der Waals surface area (Å²) >= 11 is 0. The average molecular weight is 354 g/mol. The first-order valence-corrected chi connectivity index (χ1v) is 8.46.